The van der Waals surface area contributed by atoms with Crippen LogP contribution in [0.2, 0.25) is 0 Å². The number of methoxy groups -OCH3 is 3. The van der Waals surface area contributed by atoms with Crippen molar-refractivity contribution in [2.45, 2.75) is 25.7 Å². The zero-order chi connectivity index (χ0) is 24.0. The zero-order valence-electron chi connectivity index (χ0n) is 18.7. The number of anilines is 1. The molecule has 0 atom stereocenters. The highest BCUT2D eigenvalue weighted by molar-refractivity contribution is 5.91. The fraction of sp³-hybridized carbons (Fsp3) is 0.409. The smallest absolute Gasteiger partial charge is 0.416 e. The summed E-state index contributed by atoms with van der Waals surface area (Å²) >= 11 is 0. The predicted octanol–water partition coefficient (Wildman–Crippen LogP) is 4.01. The lowest BCUT2D eigenvalue weighted by atomic mass is 10.2. The Morgan fingerprint density at radius 1 is 1.00 bits per heavy atom. The number of alkyl halides is 3. The molecule has 1 N–H and O–H groups in total. The Labute approximate surface area is 189 Å². The predicted molar refractivity (Wildman–Crippen MR) is 116 cm³/mol. The van der Waals surface area contributed by atoms with E-state index in [4.69, 9.17) is 18.9 Å². The number of pyridine rings is 1. The van der Waals surface area contributed by atoms with E-state index in [9.17, 15) is 13.2 Å². The van der Waals surface area contributed by atoms with Crippen LogP contribution < -0.4 is 14.8 Å². The summed E-state index contributed by atoms with van der Waals surface area (Å²) in [5.74, 6) is 1.80. The molecule has 0 radical (unpaired) electrons. The lowest BCUT2D eigenvalue weighted by Gasteiger charge is -2.20. The summed E-state index contributed by atoms with van der Waals surface area (Å²) in [5, 5.41) is 3.67. The van der Waals surface area contributed by atoms with Crippen molar-refractivity contribution < 1.29 is 32.1 Å². The third-order valence-corrected chi connectivity index (χ3v) is 4.67. The minimum atomic E-state index is -4.44. The first kappa shape index (κ1) is 24.5. The van der Waals surface area contributed by atoms with E-state index in [1.54, 1.807) is 33.3 Å². The molecule has 0 spiro atoms. The van der Waals surface area contributed by atoms with Crippen molar-refractivity contribution in [1.29, 1.82) is 0 Å². The van der Waals surface area contributed by atoms with Crippen LogP contribution in [0.5, 0.6) is 11.5 Å². The van der Waals surface area contributed by atoms with Gasteiger partial charge < -0.3 is 24.3 Å². The van der Waals surface area contributed by atoms with Gasteiger partial charge in [0.25, 0.3) is 0 Å². The van der Waals surface area contributed by atoms with Crippen LogP contribution in [-0.2, 0) is 22.2 Å². The number of fused-ring (bicyclic) bond motifs is 1. The largest absolute Gasteiger partial charge is 0.493 e. The van der Waals surface area contributed by atoms with Crippen molar-refractivity contribution in [3.63, 3.8) is 0 Å². The summed E-state index contributed by atoms with van der Waals surface area (Å²) in [4.78, 5) is 12.9. The SMILES string of the molecule is COCC(COC)Oc1cc2c(NCc3cc(C(F)(F)F)ccn3)nc(C)nc2cc1OC. The second-order valence-electron chi connectivity index (χ2n) is 7.18. The Morgan fingerprint density at radius 3 is 2.36 bits per heavy atom. The van der Waals surface area contributed by atoms with Gasteiger partial charge in [-0.2, -0.15) is 13.2 Å². The Morgan fingerprint density at radius 2 is 1.73 bits per heavy atom. The summed E-state index contributed by atoms with van der Waals surface area (Å²) in [6.07, 6.45) is -3.70. The van der Waals surface area contributed by atoms with Crippen molar-refractivity contribution >= 4 is 16.7 Å². The zero-order valence-corrected chi connectivity index (χ0v) is 18.7. The number of hydrogen-bond acceptors (Lipinski definition) is 8. The highest BCUT2D eigenvalue weighted by atomic mass is 19.4. The summed E-state index contributed by atoms with van der Waals surface area (Å²) in [6, 6.07) is 5.36. The van der Waals surface area contributed by atoms with Crippen LogP contribution in [-0.4, -0.2) is 55.6 Å². The van der Waals surface area contributed by atoms with Gasteiger partial charge in [-0.15, -0.1) is 0 Å². The number of nitrogens with zero attached hydrogens (tertiary/aromatic N) is 3. The van der Waals surface area contributed by atoms with Crippen molar-refractivity contribution in [2.24, 2.45) is 0 Å². The minimum Gasteiger partial charge on any atom is -0.493 e. The van der Waals surface area contributed by atoms with Gasteiger partial charge in [-0.3, -0.25) is 4.98 Å². The van der Waals surface area contributed by atoms with Crippen molar-refractivity contribution in [2.75, 3.05) is 39.9 Å². The van der Waals surface area contributed by atoms with Crippen molar-refractivity contribution in [3.8, 4) is 11.5 Å². The molecular formula is C22H25F3N4O4. The Bertz CT molecular complexity index is 1090. The topological polar surface area (TPSA) is 87.6 Å². The molecule has 33 heavy (non-hydrogen) atoms. The number of hydrogen-bond donors (Lipinski definition) is 1. The van der Waals surface area contributed by atoms with Crippen LogP contribution in [0, 0.1) is 6.92 Å². The molecule has 0 saturated heterocycles. The average Bonchev–Trinajstić information content (AvgIpc) is 2.77. The first-order chi connectivity index (χ1) is 15.7. The third-order valence-electron chi connectivity index (χ3n) is 4.67. The molecular weight excluding hydrogens is 441 g/mol. The maximum Gasteiger partial charge on any atom is 0.416 e. The monoisotopic (exact) mass is 466 g/mol. The van der Waals surface area contributed by atoms with Crippen LogP contribution in [0.4, 0.5) is 19.0 Å². The highest BCUT2D eigenvalue weighted by Gasteiger charge is 2.30. The molecule has 0 amide bonds. The number of benzene rings is 1. The van der Waals surface area contributed by atoms with E-state index in [0.29, 0.717) is 47.3 Å². The van der Waals surface area contributed by atoms with E-state index in [1.807, 2.05) is 0 Å². The van der Waals surface area contributed by atoms with E-state index in [1.165, 1.54) is 7.11 Å². The molecule has 3 aromatic rings. The Balaban J connectivity index is 1.94. The molecule has 11 heteroatoms. The van der Waals surface area contributed by atoms with Crippen molar-refractivity contribution in [3.05, 3.63) is 47.5 Å². The molecule has 0 saturated carbocycles. The number of aryl methyl sites for hydroxylation is 1. The van der Waals surface area contributed by atoms with E-state index in [-0.39, 0.29) is 18.3 Å². The Hall–Kier alpha value is -3.18. The normalized spacial score (nSPS) is 11.8. The van der Waals surface area contributed by atoms with Gasteiger partial charge in [0, 0.05) is 31.9 Å². The van der Waals surface area contributed by atoms with Crippen LogP contribution in [0.15, 0.2) is 30.5 Å². The van der Waals surface area contributed by atoms with E-state index >= 15 is 0 Å². The molecule has 0 unspecified atom stereocenters. The summed E-state index contributed by atoms with van der Waals surface area (Å²) in [6.45, 7) is 2.35. The molecule has 2 aromatic heterocycles. The highest BCUT2D eigenvalue weighted by Crippen LogP contribution is 2.35. The molecule has 2 heterocycles. The minimum absolute atomic E-state index is 0.0354. The van der Waals surface area contributed by atoms with Crippen LogP contribution >= 0.6 is 0 Å². The van der Waals surface area contributed by atoms with Gasteiger partial charge in [-0.1, -0.05) is 0 Å². The summed E-state index contributed by atoms with van der Waals surface area (Å²) in [7, 11) is 4.64. The van der Waals surface area contributed by atoms with Crippen LogP contribution in [0.1, 0.15) is 17.1 Å². The fourth-order valence-corrected chi connectivity index (χ4v) is 3.23. The first-order valence-corrected chi connectivity index (χ1v) is 10.0. The van der Waals surface area contributed by atoms with E-state index < -0.39 is 11.7 Å². The molecule has 0 aliphatic heterocycles. The first-order valence-electron chi connectivity index (χ1n) is 10.0. The molecule has 178 valence electrons. The van der Waals surface area contributed by atoms with E-state index in [2.05, 4.69) is 20.3 Å². The summed E-state index contributed by atoms with van der Waals surface area (Å²) < 4.78 is 60.9. The molecule has 1 aromatic carbocycles. The van der Waals surface area contributed by atoms with Gasteiger partial charge >= 0.3 is 6.18 Å². The molecule has 0 aliphatic rings. The standard InChI is InChI=1S/C22H25F3N4O4/c1-13-28-18-9-19(32-4)20(33-16(11-30-2)12-31-3)8-17(18)21(29-13)27-10-15-7-14(5-6-26-15)22(23,24)25/h5-9,16H,10-12H2,1-4H3,(H,27,28,29). The van der Waals surface area contributed by atoms with E-state index in [0.717, 1.165) is 18.3 Å². The van der Waals surface area contributed by atoms with Gasteiger partial charge in [0.2, 0.25) is 0 Å². The maximum absolute atomic E-state index is 13.0. The second kappa shape index (κ2) is 10.6. The molecule has 8 nitrogen and oxygen atoms in total. The number of aromatic nitrogens is 3. The average molecular weight is 466 g/mol. The quantitative estimate of drug-likeness (QED) is 0.480. The van der Waals surface area contributed by atoms with Gasteiger partial charge in [-0.05, 0) is 25.1 Å². The lowest BCUT2D eigenvalue weighted by Crippen LogP contribution is -2.27. The molecule has 0 fully saturated rings. The van der Waals surface area contributed by atoms with Gasteiger partial charge in [0.15, 0.2) is 11.5 Å². The molecule has 3 rings (SSSR count). The number of nitrogens with one attached hydrogen (secondary N) is 1. The second-order valence-corrected chi connectivity index (χ2v) is 7.18. The van der Waals surface area contributed by atoms with Crippen LogP contribution in [0.3, 0.4) is 0 Å². The van der Waals surface area contributed by atoms with Crippen molar-refractivity contribution in [1.82, 2.24) is 15.0 Å². The van der Waals surface area contributed by atoms with Gasteiger partial charge in [-0.25, -0.2) is 9.97 Å². The van der Waals surface area contributed by atoms with Crippen LogP contribution in [0.25, 0.3) is 10.9 Å². The third kappa shape index (κ3) is 6.20. The fourth-order valence-electron chi connectivity index (χ4n) is 3.23. The molecule has 0 aliphatic carbocycles. The number of halogens is 3. The van der Waals surface area contributed by atoms with Gasteiger partial charge in [0.1, 0.15) is 17.7 Å². The number of ether oxygens (including phenoxy) is 4. The Kier molecular flexibility index (Phi) is 7.88. The maximum atomic E-state index is 13.0. The van der Waals surface area contributed by atoms with Gasteiger partial charge in [0.05, 0.1) is 43.6 Å². The number of rotatable bonds is 10. The summed E-state index contributed by atoms with van der Waals surface area (Å²) in [5.41, 5.74) is 0.0430. The lowest BCUT2D eigenvalue weighted by molar-refractivity contribution is -0.137. The molecule has 0 bridgehead atoms.